The molecule has 1 aromatic carbocycles. The zero-order valence-electron chi connectivity index (χ0n) is 11.8. The summed E-state index contributed by atoms with van der Waals surface area (Å²) in [5.74, 6) is 1.89. The summed E-state index contributed by atoms with van der Waals surface area (Å²) < 4.78 is 5.78. The highest BCUT2D eigenvalue weighted by atomic mass is 35.5. The number of hydrogen-bond donors (Lipinski definition) is 0. The Balaban J connectivity index is 2.28. The third kappa shape index (κ3) is 7.08. The minimum atomic E-state index is 0.498. The molecule has 0 atom stereocenters. The molecule has 0 fully saturated rings. The minimum Gasteiger partial charge on any atom is -0.494 e. The fourth-order valence-corrected chi connectivity index (χ4v) is 2.35. The van der Waals surface area contributed by atoms with Gasteiger partial charge in [0.1, 0.15) is 5.75 Å². The summed E-state index contributed by atoms with van der Waals surface area (Å²) >= 11 is 11.7. The molecule has 0 aliphatic heterocycles. The van der Waals surface area contributed by atoms with E-state index in [9.17, 15) is 0 Å². The third-order valence-electron chi connectivity index (χ3n) is 3.10. The summed E-state index contributed by atoms with van der Waals surface area (Å²) in [7, 11) is 0. The maximum Gasteiger partial charge on any atom is 0.119 e. The van der Waals surface area contributed by atoms with E-state index in [1.165, 1.54) is 32.1 Å². The number of ether oxygens (including phenoxy) is 1. The molecule has 0 spiro atoms. The lowest BCUT2D eigenvalue weighted by Crippen LogP contribution is -1.98. The summed E-state index contributed by atoms with van der Waals surface area (Å²) in [5, 5.41) is 0. The maximum absolute atomic E-state index is 5.86. The highest BCUT2D eigenvalue weighted by molar-refractivity contribution is 6.17. The van der Waals surface area contributed by atoms with Crippen LogP contribution in [0.25, 0.3) is 0 Å². The van der Waals surface area contributed by atoms with Gasteiger partial charge in [0.2, 0.25) is 0 Å². The van der Waals surface area contributed by atoms with Crippen LogP contribution in [-0.4, -0.2) is 6.61 Å². The molecule has 3 heteroatoms. The van der Waals surface area contributed by atoms with E-state index in [0.29, 0.717) is 11.8 Å². The van der Waals surface area contributed by atoms with Crippen molar-refractivity contribution < 1.29 is 4.74 Å². The Kier molecular flexibility index (Phi) is 9.11. The van der Waals surface area contributed by atoms with E-state index in [1.54, 1.807) is 0 Å². The summed E-state index contributed by atoms with van der Waals surface area (Å²) in [6.45, 7) is 3.01. The van der Waals surface area contributed by atoms with Crippen LogP contribution in [0.2, 0.25) is 0 Å². The van der Waals surface area contributed by atoms with Crippen LogP contribution >= 0.6 is 23.2 Å². The van der Waals surface area contributed by atoms with Gasteiger partial charge in [0, 0.05) is 11.8 Å². The van der Waals surface area contributed by atoms with E-state index in [4.69, 9.17) is 27.9 Å². The van der Waals surface area contributed by atoms with Crippen LogP contribution in [0, 0.1) is 0 Å². The SMILES string of the molecule is CCCCCCCCOc1cc(CCl)cc(CCl)c1. The van der Waals surface area contributed by atoms with Gasteiger partial charge in [0.15, 0.2) is 0 Å². The van der Waals surface area contributed by atoms with Gasteiger partial charge in [-0.15, -0.1) is 23.2 Å². The lowest BCUT2D eigenvalue weighted by Gasteiger charge is -2.09. The van der Waals surface area contributed by atoms with Crippen molar-refractivity contribution in [2.75, 3.05) is 6.61 Å². The lowest BCUT2D eigenvalue weighted by molar-refractivity contribution is 0.304. The van der Waals surface area contributed by atoms with Crippen LogP contribution < -0.4 is 4.74 Å². The van der Waals surface area contributed by atoms with Crippen molar-refractivity contribution in [1.82, 2.24) is 0 Å². The predicted octanol–water partition coefficient (Wildman–Crippen LogP) is 5.90. The summed E-state index contributed by atoms with van der Waals surface area (Å²) in [5.41, 5.74) is 2.13. The molecule has 0 aliphatic rings. The van der Waals surface area contributed by atoms with Crippen molar-refractivity contribution in [2.45, 2.75) is 57.2 Å². The number of benzene rings is 1. The van der Waals surface area contributed by atoms with Crippen LogP contribution in [0.15, 0.2) is 18.2 Å². The van der Waals surface area contributed by atoms with Crippen molar-refractivity contribution in [3.05, 3.63) is 29.3 Å². The van der Waals surface area contributed by atoms with E-state index in [2.05, 4.69) is 6.92 Å². The molecule has 108 valence electrons. The molecule has 0 unspecified atom stereocenters. The number of alkyl halides is 2. The largest absolute Gasteiger partial charge is 0.494 e. The average Bonchev–Trinajstić information content (AvgIpc) is 2.45. The molecule has 1 rings (SSSR count). The topological polar surface area (TPSA) is 9.23 Å². The van der Waals surface area contributed by atoms with Gasteiger partial charge in [0.05, 0.1) is 6.61 Å². The van der Waals surface area contributed by atoms with Crippen LogP contribution in [0.5, 0.6) is 5.75 Å². The van der Waals surface area contributed by atoms with Gasteiger partial charge in [-0.25, -0.2) is 0 Å². The molecule has 0 heterocycles. The Labute approximate surface area is 127 Å². The van der Waals surface area contributed by atoms with E-state index < -0.39 is 0 Å². The lowest BCUT2D eigenvalue weighted by atomic mass is 10.1. The van der Waals surface area contributed by atoms with Gasteiger partial charge in [-0.1, -0.05) is 45.1 Å². The highest BCUT2D eigenvalue weighted by Gasteiger charge is 2.01. The van der Waals surface area contributed by atoms with Gasteiger partial charge < -0.3 is 4.74 Å². The Morgan fingerprint density at radius 3 is 2.00 bits per heavy atom. The van der Waals surface area contributed by atoms with Crippen molar-refractivity contribution in [1.29, 1.82) is 0 Å². The second kappa shape index (κ2) is 10.4. The molecule has 1 aromatic rings. The second-order valence-corrected chi connectivity index (χ2v) is 5.40. The summed E-state index contributed by atoms with van der Waals surface area (Å²) in [6, 6.07) is 6.03. The quantitative estimate of drug-likeness (QED) is 0.386. The molecule has 0 radical (unpaired) electrons. The molecule has 0 amide bonds. The van der Waals surface area contributed by atoms with Gasteiger partial charge in [-0.2, -0.15) is 0 Å². The zero-order chi connectivity index (χ0) is 13.9. The normalized spacial score (nSPS) is 10.7. The van der Waals surface area contributed by atoms with Crippen LogP contribution in [0.1, 0.15) is 56.6 Å². The Morgan fingerprint density at radius 1 is 0.842 bits per heavy atom. The molecule has 0 saturated carbocycles. The molecule has 19 heavy (non-hydrogen) atoms. The first-order valence-corrected chi connectivity index (χ1v) is 8.24. The number of rotatable bonds is 10. The van der Waals surface area contributed by atoms with Gasteiger partial charge in [-0.3, -0.25) is 0 Å². The Hall–Kier alpha value is -0.400. The first-order valence-electron chi connectivity index (χ1n) is 7.17. The molecule has 0 aromatic heterocycles. The Bertz CT molecular complexity index is 330. The molecule has 0 aliphatic carbocycles. The van der Waals surface area contributed by atoms with Crippen molar-refractivity contribution in [2.24, 2.45) is 0 Å². The van der Waals surface area contributed by atoms with Gasteiger partial charge in [-0.05, 0) is 29.7 Å². The molecule has 0 saturated heterocycles. The Morgan fingerprint density at radius 2 is 1.42 bits per heavy atom. The van der Waals surface area contributed by atoms with Gasteiger partial charge in [0.25, 0.3) is 0 Å². The molecular formula is C16H24Cl2O. The first-order chi connectivity index (χ1) is 9.30. The van der Waals surface area contributed by atoms with E-state index in [1.807, 2.05) is 18.2 Å². The summed E-state index contributed by atoms with van der Waals surface area (Å²) in [4.78, 5) is 0. The van der Waals surface area contributed by atoms with Crippen molar-refractivity contribution in [3.8, 4) is 5.75 Å². The monoisotopic (exact) mass is 302 g/mol. The molecule has 0 N–H and O–H groups in total. The van der Waals surface area contributed by atoms with Gasteiger partial charge >= 0.3 is 0 Å². The van der Waals surface area contributed by atoms with E-state index >= 15 is 0 Å². The smallest absolute Gasteiger partial charge is 0.119 e. The van der Waals surface area contributed by atoms with E-state index in [-0.39, 0.29) is 0 Å². The van der Waals surface area contributed by atoms with Crippen LogP contribution in [-0.2, 0) is 11.8 Å². The second-order valence-electron chi connectivity index (χ2n) is 4.87. The van der Waals surface area contributed by atoms with Crippen LogP contribution in [0.4, 0.5) is 0 Å². The van der Waals surface area contributed by atoms with Crippen molar-refractivity contribution in [3.63, 3.8) is 0 Å². The first kappa shape index (κ1) is 16.7. The predicted molar refractivity (Wildman–Crippen MR) is 84.4 cm³/mol. The maximum atomic E-state index is 5.86. The number of unbranched alkanes of at least 4 members (excludes halogenated alkanes) is 5. The van der Waals surface area contributed by atoms with Crippen LogP contribution in [0.3, 0.4) is 0 Å². The average molecular weight is 303 g/mol. The number of hydrogen-bond acceptors (Lipinski definition) is 1. The molecule has 1 nitrogen and oxygen atoms in total. The highest BCUT2D eigenvalue weighted by Crippen LogP contribution is 2.20. The zero-order valence-corrected chi connectivity index (χ0v) is 13.3. The fourth-order valence-electron chi connectivity index (χ4n) is 2.04. The van der Waals surface area contributed by atoms with Crippen molar-refractivity contribution >= 4 is 23.2 Å². The minimum absolute atomic E-state index is 0.498. The standard InChI is InChI=1S/C16H24Cl2O/c1-2-3-4-5-6-7-8-19-16-10-14(12-17)9-15(11-16)13-18/h9-11H,2-8,12-13H2,1H3. The fraction of sp³-hybridized carbons (Fsp3) is 0.625. The summed E-state index contributed by atoms with van der Waals surface area (Å²) in [6.07, 6.45) is 7.66. The molecular weight excluding hydrogens is 279 g/mol. The molecule has 0 bridgehead atoms. The number of halogens is 2. The third-order valence-corrected chi connectivity index (χ3v) is 3.72. The van der Waals surface area contributed by atoms with E-state index in [0.717, 1.165) is 29.9 Å².